The minimum absolute atomic E-state index is 0.170. The minimum atomic E-state index is 0.170. The Labute approximate surface area is 89.7 Å². The maximum absolute atomic E-state index is 6.20. The number of nitrogens with two attached hydrogens (primary N) is 1. The van der Waals surface area contributed by atoms with Crippen LogP contribution in [0.3, 0.4) is 0 Å². The zero-order valence-electron chi connectivity index (χ0n) is 8.48. The molecule has 2 saturated heterocycles. The quantitative estimate of drug-likeness (QED) is 0.745. The molecule has 0 spiro atoms. The van der Waals surface area contributed by atoms with Crippen molar-refractivity contribution in [2.75, 3.05) is 31.3 Å². The van der Waals surface area contributed by atoms with Crippen LogP contribution in [0.5, 0.6) is 0 Å². The molecule has 2 fully saturated rings. The monoisotopic (exact) mass is 217 g/mol. The fourth-order valence-corrected chi connectivity index (χ4v) is 3.03. The van der Waals surface area contributed by atoms with E-state index in [0.717, 1.165) is 37.7 Å². The van der Waals surface area contributed by atoms with E-state index < -0.39 is 0 Å². The van der Waals surface area contributed by atoms with E-state index >= 15 is 0 Å². The fraction of sp³-hybridized carbons (Fsp3) is 1.00. The van der Waals surface area contributed by atoms with Crippen molar-refractivity contribution in [3.8, 4) is 0 Å². The highest BCUT2D eigenvalue weighted by Gasteiger charge is 2.29. The highest BCUT2D eigenvalue weighted by molar-refractivity contribution is 7.99. The van der Waals surface area contributed by atoms with Crippen LogP contribution in [0.2, 0.25) is 0 Å². The molecule has 2 aliphatic heterocycles. The predicted molar refractivity (Wildman–Crippen MR) is 58.6 cm³/mol. The number of rotatable bonds is 2. The predicted octanol–water partition coefficient (Wildman–Crippen LogP) is 0.872. The standard InChI is InChI=1S/C10H19NO2S/c11-10(8-2-1-3-12-6-8)9-7-14-5-4-13-9/h8-10H,1-7,11H2. The van der Waals surface area contributed by atoms with E-state index in [2.05, 4.69) is 0 Å². The zero-order chi connectivity index (χ0) is 9.80. The van der Waals surface area contributed by atoms with Gasteiger partial charge in [-0.25, -0.2) is 0 Å². The van der Waals surface area contributed by atoms with Gasteiger partial charge in [0.2, 0.25) is 0 Å². The lowest BCUT2D eigenvalue weighted by molar-refractivity contribution is -0.00495. The van der Waals surface area contributed by atoms with E-state index in [1.165, 1.54) is 6.42 Å². The van der Waals surface area contributed by atoms with Gasteiger partial charge in [-0.2, -0.15) is 11.8 Å². The summed E-state index contributed by atoms with van der Waals surface area (Å²) < 4.78 is 11.1. The molecule has 2 heterocycles. The molecule has 2 aliphatic rings. The number of hydrogen-bond donors (Lipinski definition) is 1. The van der Waals surface area contributed by atoms with Gasteiger partial charge < -0.3 is 15.2 Å². The van der Waals surface area contributed by atoms with E-state index in [-0.39, 0.29) is 12.1 Å². The zero-order valence-corrected chi connectivity index (χ0v) is 9.30. The molecule has 0 aromatic heterocycles. The van der Waals surface area contributed by atoms with Crippen LogP contribution in [-0.4, -0.2) is 43.5 Å². The normalized spacial score (nSPS) is 36.6. The van der Waals surface area contributed by atoms with Gasteiger partial charge in [0.25, 0.3) is 0 Å². The summed E-state index contributed by atoms with van der Waals surface area (Å²) >= 11 is 1.95. The Morgan fingerprint density at radius 1 is 1.36 bits per heavy atom. The fourth-order valence-electron chi connectivity index (χ4n) is 2.10. The molecule has 4 heteroatoms. The molecule has 2 N–H and O–H groups in total. The molecular formula is C10H19NO2S. The van der Waals surface area contributed by atoms with Crippen molar-refractivity contribution < 1.29 is 9.47 Å². The Bertz CT molecular complexity index is 150. The van der Waals surface area contributed by atoms with Crippen molar-refractivity contribution in [3.05, 3.63) is 0 Å². The molecule has 0 bridgehead atoms. The third-order valence-electron chi connectivity index (χ3n) is 3.01. The van der Waals surface area contributed by atoms with Gasteiger partial charge in [0.15, 0.2) is 0 Å². The first-order valence-corrected chi connectivity index (χ1v) is 6.56. The Morgan fingerprint density at radius 2 is 2.29 bits per heavy atom. The molecule has 0 amide bonds. The summed E-state index contributed by atoms with van der Waals surface area (Å²) in [4.78, 5) is 0. The van der Waals surface area contributed by atoms with E-state index in [1.807, 2.05) is 11.8 Å². The summed E-state index contributed by atoms with van der Waals surface area (Å²) in [5.74, 6) is 2.68. The van der Waals surface area contributed by atoms with Crippen molar-refractivity contribution in [3.63, 3.8) is 0 Å². The van der Waals surface area contributed by atoms with Crippen molar-refractivity contribution in [1.82, 2.24) is 0 Å². The summed E-state index contributed by atoms with van der Waals surface area (Å²) in [7, 11) is 0. The topological polar surface area (TPSA) is 44.5 Å². The van der Waals surface area contributed by atoms with Crippen LogP contribution in [0.1, 0.15) is 12.8 Å². The molecule has 3 atom stereocenters. The summed E-state index contributed by atoms with van der Waals surface area (Å²) in [5, 5.41) is 0. The number of ether oxygens (including phenoxy) is 2. The highest BCUT2D eigenvalue weighted by atomic mass is 32.2. The van der Waals surface area contributed by atoms with E-state index in [1.54, 1.807) is 0 Å². The Kier molecular flexibility index (Phi) is 4.10. The van der Waals surface area contributed by atoms with Crippen LogP contribution in [0.4, 0.5) is 0 Å². The van der Waals surface area contributed by atoms with Crippen molar-refractivity contribution in [2.24, 2.45) is 11.7 Å². The van der Waals surface area contributed by atoms with Gasteiger partial charge in [0.1, 0.15) is 0 Å². The van der Waals surface area contributed by atoms with Crippen LogP contribution in [0, 0.1) is 5.92 Å². The summed E-state index contributed by atoms with van der Waals surface area (Å²) in [6.45, 7) is 2.59. The highest BCUT2D eigenvalue weighted by Crippen LogP contribution is 2.23. The number of hydrogen-bond acceptors (Lipinski definition) is 4. The minimum Gasteiger partial charge on any atom is -0.381 e. The van der Waals surface area contributed by atoms with Gasteiger partial charge in [-0.15, -0.1) is 0 Å². The van der Waals surface area contributed by atoms with Gasteiger partial charge >= 0.3 is 0 Å². The summed E-state index contributed by atoms with van der Waals surface area (Å²) in [6.07, 6.45) is 2.60. The second-order valence-corrected chi connectivity index (χ2v) is 5.19. The molecule has 82 valence electrons. The Balaban J connectivity index is 1.82. The van der Waals surface area contributed by atoms with E-state index in [9.17, 15) is 0 Å². The molecule has 3 nitrogen and oxygen atoms in total. The van der Waals surface area contributed by atoms with Crippen LogP contribution < -0.4 is 5.73 Å². The lowest BCUT2D eigenvalue weighted by Crippen LogP contribution is -2.48. The van der Waals surface area contributed by atoms with Crippen molar-refractivity contribution >= 4 is 11.8 Å². The molecule has 0 radical (unpaired) electrons. The molecule has 0 aromatic carbocycles. The smallest absolute Gasteiger partial charge is 0.0820 e. The lowest BCUT2D eigenvalue weighted by Gasteiger charge is -2.34. The molecule has 14 heavy (non-hydrogen) atoms. The first-order chi connectivity index (χ1) is 6.88. The molecule has 2 rings (SSSR count). The number of thioether (sulfide) groups is 1. The summed E-state index contributed by atoms with van der Waals surface area (Å²) in [6, 6.07) is 0.170. The van der Waals surface area contributed by atoms with Gasteiger partial charge in [0.05, 0.1) is 19.3 Å². The molecule has 0 aromatic rings. The second-order valence-electron chi connectivity index (χ2n) is 4.04. The molecular weight excluding hydrogens is 198 g/mol. The van der Waals surface area contributed by atoms with Crippen LogP contribution in [0.15, 0.2) is 0 Å². The first-order valence-electron chi connectivity index (χ1n) is 5.40. The summed E-state index contributed by atoms with van der Waals surface area (Å²) in [5.41, 5.74) is 6.20. The van der Waals surface area contributed by atoms with Gasteiger partial charge in [0, 0.05) is 30.1 Å². The van der Waals surface area contributed by atoms with Gasteiger partial charge in [-0.1, -0.05) is 0 Å². The maximum atomic E-state index is 6.20. The average molecular weight is 217 g/mol. The van der Waals surface area contributed by atoms with Crippen molar-refractivity contribution in [1.29, 1.82) is 0 Å². The third kappa shape index (κ3) is 2.63. The van der Waals surface area contributed by atoms with Gasteiger partial charge in [-0.05, 0) is 12.8 Å². The van der Waals surface area contributed by atoms with Crippen molar-refractivity contribution in [2.45, 2.75) is 25.0 Å². The average Bonchev–Trinajstić information content (AvgIpc) is 2.30. The molecule has 3 unspecified atom stereocenters. The van der Waals surface area contributed by atoms with Crippen LogP contribution in [0.25, 0.3) is 0 Å². The van der Waals surface area contributed by atoms with Crippen LogP contribution >= 0.6 is 11.8 Å². The largest absolute Gasteiger partial charge is 0.381 e. The Morgan fingerprint density at radius 3 is 2.93 bits per heavy atom. The SMILES string of the molecule is NC(C1CCCOC1)C1CSCCO1. The van der Waals surface area contributed by atoms with Crippen LogP contribution in [-0.2, 0) is 9.47 Å². The second kappa shape index (κ2) is 5.35. The lowest BCUT2D eigenvalue weighted by atomic mass is 9.91. The van der Waals surface area contributed by atoms with E-state index in [0.29, 0.717) is 5.92 Å². The van der Waals surface area contributed by atoms with Gasteiger partial charge in [-0.3, -0.25) is 0 Å². The Hall–Kier alpha value is 0.230. The first kappa shape index (κ1) is 10.7. The third-order valence-corrected chi connectivity index (χ3v) is 4.03. The molecule has 0 aliphatic carbocycles. The van der Waals surface area contributed by atoms with E-state index in [4.69, 9.17) is 15.2 Å². The molecule has 0 saturated carbocycles. The maximum Gasteiger partial charge on any atom is 0.0820 e.